The van der Waals surface area contributed by atoms with Crippen molar-refractivity contribution in [2.75, 3.05) is 0 Å². The third-order valence-electron chi connectivity index (χ3n) is 4.46. The van der Waals surface area contributed by atoms with Gasteiger partial charge in [-0.25, -0.2) is 0 Å². The minimum atomic E-state index is 0. The predicted molar refractivity (Wildman–Crippen MR) is 174 cm³/mol. The van der Waals surface area contributed by atoms with Gasteiger partial charge in [0.15, 0.2) is 0 Å². The van der Waals surface area contributed by atoms with E-state index >= 15 is 0 Å². The van der Waals surface area contributed by atoms with Crippen LogP contribution in [-0.4, -0.2) is 30.1 Å². The molecular formula is C26H24N6NiS6. The average Bonchev–Trinajstić information content (AvgIpc) is 3.69. The molecule has 0 saturated heterocycles. The van der Waals surface area contributed by atoms with Crippen molar-refractivity contribution in [3.05, 3.63) is 105 Å². The monoisotopic (exact) mass is 670 g/mol. The summed E-state index contributed by atoms with van der Waals surface area (Å²) in [5, 5.41) is 20.4. The molecule has 0 aliphatic rings. The maximum atomic E-state index is 5.17. The van der Waals surface area contributed by atoms with Gasteiger partial charge in [-0.2, -0.15) is 20.4 Å². The maximum absolute atomic E-state index is 5.17. The molecule has 0 radical (unpaired) electrons. The van der Waals surface area contributed by atoms with Crippen molar-refractivity contribution < 1.29 is 16.5 Å². The number of pyridine rings is 2. The van der Waals surface area contributed by atoms with Gasteiger partial charge in [-0.1, -0.05) is 24.3 Å². The minimum absolute atomic E-state index is 0. The number of rotatable bonds is 8. The quantitative estimate of drug-likeness (QED) is 0.0639. The Balaban J connectivity index is 0.000000267. The molecule has 4 rings (SSSR count). The van der Waals surface area contributed by atoms with E-state index in [1.165, 1.54) is 23.5 Å². The molecule has 0 fully saturated rings. The normalized spacial score (nSPS) is 12.4. The van der Waals surface area contributed by atoms with Crippen LogP contribution in [-0.2, 0) is 53.3 Å². The molecule has 0 aromatic carbocycles. The molecule has 6 nitrogen and oxygen atoms in total. The second kappa shape index (κ2) is 19.2. The van der Waals surface area contributed by atoms with Crippen molar-refractivity contribution in [2.45, 2.75) is 25.4 Å². The van der Waals surface area contributed by atoms with Crippen molar-refractivity contribution in [2.24, 2.45) is 20.4 Å². The van der Waals surface area contributed by atoms with Crippen molar-refractivity contribution in [1.29, 1.82) is 0 Å². The molecule has 0 aliphatic carbocycles. The Bertz CT molecular complexity index is 1240. The molecule has 13 heteroatoms. The van der Waals surface area contributed by atoms with Gasteiger partial charge in [0.2, 0.25) is 0 Å². The average molecular weight is 672 g/mol. The van der Waals surface area contributed by atoms with Gasteiger partial charge in [0, 0.05) is 23.9 Å². The summed E-state index contributed by atoms with van der Waals surface area (Å²) >= 11 is 16.6. The Morgan fingerprint density at radius 1 is 0.667 bits per heavy atom. The smallest absolute Gasteiger partial charge is 0.752 e. The SMILES string of the molecule is C/C(=N\N=C(/[S-])SCc1ccccn1)c1cccs1.C/C(=N\N=C(/[S-])SCc1ccccn1)c1cccs1.[Ni+2]. The molecule has 204 valence electrons. The zero-order valence-electron chi connectivity index (χ0n) is 20.9. The fraction of sp³-hybridized carbons (Fsp3) is 0.154. The van der Waals surface area contributed by atoms with Crippen LogP contribution in [0.5, 0.6) is 0 Å². The van der Waals surface area contributed by atoms with Gasteiger partial charge in [-0.3, -0.25) is 9.97 Å². The topological polar surface area (TPSA) is 75.2 Å². The van der Waals surface area contributed by atoms with E-state index in [2.05, 4.69) is 30.4 Å². The number of thioether (sulfide) groups is 2. The first-order valence-corrected chi connectivity index (χ1v) is 15.8. The Morgan fingerprint density at radius 2 is 1.10 bits per heavy atom. The molecule has 0 aliphatic heterocycles. The maximum Gasteiger partial charge on any atom is 2.00 e. The molecule has 39 heavy (non-hydrogen) atoms. The number of nitrogens with zero attached hydrogens (tertiary/aromatic N) is 6. The summed E-state index contributed by atoms with van der Waals surface area (Å²) in [5.74, 6) is 1.44. The Morgan fingerprint density at radius 3 is 1.44 bits per heavy atom. The summed E-state index contributed by atoms with van der Waals surface area (Å²) in [5.41, 5.74) is 3.75. The number of thiophene rings is 2. The summed E-state index contributed by atoms with van der Waals surface area (Å²) in [7, 11) is 0. The third-order valence-corrected chi connectivity index (χ3v) is 8.82. The van der Waals surface area contributed by atoms with E-state index < -0.39 is 0 Å². The largest absolute Gasteiger partial charge is 2.00 e. The Labute approximate surface area is 266 Å². The fourth-order valence-corrected chi connectivity index (χ4v) is 5.46. The second-order valence-corrected chi connectivity index (χ2v) is 12.4. The van der Waals surface area contributed by atoms with E-state index in [9.17, 15) is 0 Å². The molecule has 0 N–H and O–H groups in total. The molecule has 0 amide bonds. The van der Waals surface area contributed by atoms with Crippen LogP contribution in [0, 0.1) is 0 Å². The molecule has 4 aromatic heterocycles. The summed E-state index contributed by atoms with van der Waals surface area (Å²) in [6.45, 7) is 3.86. The van der Waals surface area contributed by atoms with Gasteiger partial charge in [0.25, 0.3) is 0 Å². The van der Waals surface area contributed by atoms with Gasteiger partial charge in [0.05, 0.1) is 32.6 Å². The van der Waals surface area contributed by atoms with E-state index in [1.54, 1.807) is 35.1 Å². The van der Waals surface area contributed by atoms with Crippen LogP contribution in [0.3, 0.4) is 0 Å². The molecule has 4 aromatic rings. The van der Waals surface area contributed by atoms with E-state index in [0.717, 1.165) is 44.1 Å². The minimum Gasteiger partial charge on any atom is -0.752 e. The summed E-state index contributed by atoms with van der Waals surface area (Å²) in [4.78, 5) is 10.7. The molecule has 0 saturated carbocycles. The Kier molecular flexibility index (Phi) is 16.3. The molecule has 0 unspecified atom stereocenters. The standard InChI is InChI=1S/2C13H13N3S3.Ni/c2*1-10(12-6-4-8-18-12)15-16-13(17)19-9-11-5-2-3-7-14-11;/h2*2-8H,9H2,1H3,(H,16,17);/q;;+2/p-2/b2*15-10+;. The molecule has 0 bridgehead atoms. The van der Waals surface area contributed by atoms with Crippen LogP contribution in [0.1, 0.15) is 35.0 Å². The van der Waals surface area contributed by atoms with Crippen LogP contribution in [0.4, 0.5) is 0 Å². The van der Waals surface area contributed by atoms with E-state index in [0.29, 0.717) is 8.75 Å². The van der Waals surface area contributed by atoms with Gasteiger partial charge >= 0.3 is 16.5 Å². The zero-order chi connectivity index (χ0) is 27.0. The van der Waals surface area contributed by atoms with Crippen molar-refractivity contribution in [1.82, 2.24) is 9.97 Å². The number of hydrogen-bond acceptors (Lipinski definition) is 12. The van der Waals surface area contributed by atoms with Crippen LogP contribution < -0.4 is 0 Å². The summed E-state index contributed by atoms with van der Waals surface area (Å²) < 4.78 is 1.06. The number of hydrogen-bond donors (Lipinski definition) is 0. The van der Waals surface area contributed by atoms with Crippen LogP contribution in [0.2, 0.25) is 0 Å². The van der Waals surface area contributed by atoms with Crippen molar-refractivity contribution in [3.8, 4) is 0 Å². The van der Waals surface area contributed by atoms with Crippen LogP contribution >= 0.6 is 46.2 Å². The molecule has 4 heterocycles. The van der Waals surface area contributed by atoms with Crippen molar-refractivity contribution >= 4 is 91.6 Å². The molecule has 0 atom stereocenters. The third kappa shape index (κ3) is 13.3. The van der Waals surface area contributed by atoms with E-state index in [4.69, 9.17) is 25.3 Å². The summed E-state index contributed by atoms with van der Waals surface area (Å²) in [6.07, 6.45) is 3.55. The van der Waals surface area contributed by atoms with Gasteiger partial charge in [-0.05, 0) is 69.8 Å². The van der Waals surface area contributed by atoms with Gasteiger partial charge < -0.3 is 25.3 Å². The molecular weight excluding hydrogens is 647 g/mol. The Hall–Kier alpha value is -1.99. The van der Waals surface area contributed by atoms with Crippen molar-refractivity contribution in [3.63, 3.8) is 0 Å². The zero-order valence-corrected chi connectivity index (χ0v) is 26.8. The van der Waals surface area contributed by atoms with E-state index in [1.807, 2.05) is 85.3 Å². The second-order valence-electron chi connectivity index (χ2n) is 7.28. The molecule has 0 spiro atoms. The first-order chi connectivity index (χ1) is 18.5. The van der Waals surface area contributed by atoms with Gasteiger partial charge in [0.1, 0.15) is 0 Å². The van der Waals surface area contributed by atoms with Crippen LogP contribution in [0.15, 0.2) is 104 Å². The number of aromatic nitrogens is 2. The first-order valence-electron chi connectivity index (χ1n) is 11.2. The summed E-state index contributed by atoms with van der Waals surface area (Å²) in [6, 6.07) is 19.7. The fourth-order valence-electron chi connectivity index (χ4n) is 2.60. The predicted octanol–water partition coefficient (Wildman–Crippen LogP) is 7.40. The van der Waals surface area contributed by atoms with Crippen LogP contribution in [0.25, 0.3) is 0 Å². The van der Waals surface area contributed by atoms with Gasteiger partial charge in [-0.15, -0.1) is 46.2 Å². The first kappa shape index (κ1) is 33.2. The van der Waals surface area contributed by atoms with E-state index in [-0.39, 0.29) is 16.5 Å².